The van der Waals surface area contributed by atoms with E-state index in [9.17, 15) is 0 Å². The van der Waals surface area contributed by atoms with Gasteiger partial charge in [-0.2, -0.15) is 0 Å². The Labute approximate surface area is 112 Å². The second-order valence-corrected chi connectivity index (χ2v) is 4.45. The molecule has 0 atom stereocenters. The lowest BCUT2D eigenvalue weighted by molar-refractivity contribution is 0.414. The molecule has 3 nitrogen and oxygen atoms in total. The van der Waals surface area contributed by atoms with Gasteiger partial charge in [0.15, 0.2) is 0 Å². The zero-order valence-corrected chi connectivity index (χ0v) is 11.1. The lowest BCUT2D eigenvalue weighted by Gasteiger charge is -2.15. The van der Waals surface area contributed by atoms with E-state index in [1.165, 1.54) is 0 Å². The van der Waals surface area contributed by atoms with Crippen molar-refractivity contribution in [1.29, 1.82) is 0 Å². The average molecular weight is 263 g/mol. The maximum atomic E-state index is 6.06. The van der Waals surface area contributed by atoms with Crippen molar-refractivity contribution >= 4 is 28.7 Å². The average Bonchev–Trinajstić information content (AvgIpc) is 2.31. The minimum atomic E-state index is 0.658. The van der Waals surface area contributed by atoms with Crippen LogP contribution < -0.4 is 15.8 Å². The number of hydrogen-bond donors (Lipinski definition) is 2. The van der Waals surface area contributed by atoms with E-state index >= 15 is 0 Å². The summed E-state index contributed by atoms with van der Waals surface area (Å²) in [6, 6.07) is 11.2. The second kappa shape index (κ2) is 5.19. The Kier molecular flexibility index (Phi) is 3.63. The van der Waals surface area contributed by atoms with Crippen LogP contribution in [0.3, 0.4) is 0 Å². The summed E-state index contributed by atoms with van der Waals surface area (Å²) in [6.07, 6.45) is 0. The number of nitrogen functional groups attached to an aromatic ring is 1. The normalized spacial score (nSPS) is 10.2. The summed E-state index contributed by atoms with van der Waals surface area (Å²) in [5.74, 6) is 0.766. The van der Waals surface area contributed by atoms with Gasteiger partial charge in [0.05, 0.1) is 24.2 Å². The number of rotatable bonds is 3. The number of ether oxygens (including phenoxy) is 1. The maximum absolute atomic E-state index is 6.06. The zero-order chi connectivity index (χ0) is 13.1. The van der Waals surface area contributed by atoms with Crippen LogP contribution in [0, 0.1) is 6.92 Å². The fourth-order valence-corrected chi connectivity index (χ4v) is 2.12. The number of halogens is 1. The number of hydrogen-bond acceptors (Lipinski definition) is 3. The fraction of sp³-hybridized carbons (Fsp3) is 0.143. The molecule has 0 amide bonds. The maximum Gasteiger partial charge on any atom is 0.145 e. The highest BCUT2D eigenvalue weighted by molar-refractivity contribution is 6.31. The molecule has 0 aliphatic rings. The SMILES string of the molecule is COc1c(C)cc(Cl)cc1Nc1ccccc1N. The van der Waals surface area contributed by atoms with Crippen LogP contribution in [-0.4, -0.2) is 7.11 Å². The fourth-order valence-electron chi connectivity index (χ4n) is 1.85. The van der Waals surface area contributed by atoms with Crippen molar-refractivity contribution in [2.24, 2.45) is 0 Å². The number of para-hydroxylation sites is 2. The summed E-state index contributed by atoms with van der Waals surface area (Å²) in [4.78, 5) is 0. The van der Waals surface area contributed by atoms with Crippen LogP contribution in [0.1, 0.15) is 5.56 Å². The highest BCUT2D eigenvalue weighted by Crippen LogP contribution is 2.35. The van der Waals surface area contributed by atoms with Gasteiger partial charge in [0.2, 0.25) is 0 Å². The molecule has 2 aromatic carbocycles. The van der Waals surface area contributed by atoms with Gasteiger partial charge in [-0.3, -0.25) is 0 Å². The molecule has 0 spiro atoms. The highest BCUT2D eigenvalue weighted by Gasteiger charge is 2.09. The Bertz CT molecular complexity index is 570. The number of anilines is 3. The van der Waals surface area contributed by atoms with Crippen molar-refractivity contribution in [3.63, 3.8) is 0 Å². The van der Waals surface area contributed by atoms with Gasteiger partial charge in [0.25, 0.3) is 0 Å². The molecule has 2 aromatic rings. The Balaban J connectivity index is 2.43. The van der Waals surface area contributed by atoms with Gasteiger partial charge in [-0.25, -0.2) is 0 Å². The second-order valence-electron chi connectivity index (χ2n) is 4.02. The topological polar surface area (TPSA) is 47.3 Å². The van der Waals surface area contributed by atoms with Gasteiger partial charge < -0.3 is 15.8 Å². The van der Waals surface area contributed by atoms with Crippen LogP contribution >= 0.6 is 11.6 Å². The van der Waals surface area contributed by atoms with Gasteiger partial charge in [-0.15, -0.1) is 0 Å². The zero-order valence-electron chi connectivity index (χ0n) is 10.3. The minimum absolute atomic E-state index is 0.658. The smallest absolute Gasteiger partial charge is 0.145 e. The number of nitrogens with two attached hydrogens (primary N) is 1. The first-order valence-corrected chi connectivity index (χ1v) is 5.95. The Morgan fingerprint density at radius 2 is 1.89 bits per heavy atom. The molecule has 0 fully saturated rings. The summed E-state index contributed by atoms with van der Waals surface area (Å²) in [6.45, 7) is 1.95. The van der Waals surface area contributed by atoms with Gasteiger partial charge in [-0.1, -0.05) is 23.7 Å². The largest absolute Gasteiger partial charge is 0.494 e. The molecule has 2 rings (SSSR count). The summed E-state index contributed by atoms with van der Waals surface area (Å²) >= 11 is 6.06. The van der Waals surface area contributed by atoms with Crippen LogP contribution in [-0.2, 0) is 0 Å². The molecule has 94 valence electrons. The standard InChI is InChI=1S/C14H15ClN2O/c1-9-7-10(15)8-13(14(9)18-2)17-12-6-4-3-5-11(12)16/h3-8,17H,16H2,1-2H3. The first-order chi connectivity index (χ1) is 8.61. The number of nitrogens with one attached hydrogen (secondary N) is 1. The first-order valence-electron chi connectivity index (χ1n) is 5.57. The lowest BCUT2D eigenvalue weighted by atomic mass is 10.1. The van der Waals surface area contributed by atoms with Gasteiger partial charge in [0.1, 0.15) is 5.75 Å². The van der Waals surface area contributed by atoms with Crippen molar-refractivity contribution in [2.45, 2.75) is 6.92 Å². The third-order valence-electron chi connectivity index (χ3n) is 2.67. The molecular weight excluding hydrogens is 248 g/mol. The molecule has 0 heterocycles. The van der Waals surface area contributed by atoms with E-state index in [0.717, 1.165) is 22.7 Å². The van der Waals surface area contributed by atoms with E-state index < -0.39 is 0 Å². The number of benzene rings is 2. The molecule has 3 N–H and O–H groups in total. The van der Waals surface area contributed by atoms with Crippen molar-refractivity contribution in [3.05, 3.63) is 47.0 Å². The van der Waals surface area contributed by atoms with Crippen molar-refractivity contribution in [2.75, 3.05) is 18.2 Å². The Morgan fingerprint density at radius 3 is 2.56 bits per heavy atom. The predicted molar refractivity (Wildman–Crippen MR) is 76.9 cm³/mol. The molecule has 0 aromatic heterocycles. The molecule has 18 heavy (non-hydrogen) atoms. The van der Waals surface area contributed by atoms with Crippen LogP contribution in [0.4, 0.5) is 17.1 Å². The van der Waals surface area contributed by atoms with Crippen LogP contribution in [0.2, 0.25) is 5.02 Å². The van der Waals surface area contributed by atoms with E-state index in [0.29, 0.717) is 10.7 Å². The number of methoxy groups -OCH3 is 1. The number of aryl methyl sites for hydroxylation is 1. The third kappa shape index (κ3) is 2.51. The molecule has 0 radical (unpaired) electrons. The molecule has 0 unspecified atom stereocenters. The van der Waals surface area contributed by atoms with Gasteiger partial charge in [0, 0.05) is 5.02 Å². The van der Waals surface area contributed by atoms with E-state index in [1.807, 2.05) is 43.3 Å². The van der Waals surface area contributed by atoms with Gasteiger partial charge in [-0.05, 0) is 36.8 Å². The lowest BCUT2D eigenvalue weighted by Crippen LogP contribution is -1.99. The molecule has 0 aliphatic heterocycles. The molecule has 0 saturated carbocycles. The summed E-state index contributed by atoms with van der Waals surface area (Å²) in [5.41, 5.74) is 9.19. The minimum Gasteiger partial charge on any atom is -0.494 e. The molecule has 0 saturated heterocycles. The van der Waals surface area contributed by atoms with Crippen molar-refractivity contribution < 1.29 is 4.74 Å². The van der Waals surface area contributed by atoms with Crippen molar-refractivity contribution in [3.8, 4) is 5.75 Å². The Morgan fingerprint density at radius 1 is 1.17 bits per heavy atom. The van der Waals surface area contributed by atoms with Crippen LogP contribution in [0.15, 0.2) is 36.4 Å². The molecule has 4 heteroatoms. The summed E-state index contributed by atoms with van der Waals surface area (Å²) < 4.78 is 5.38. The molecule has 0 aliphatic carbocycles. The van der Waals surface area contributed by atoms with E-state index in [2.05, 4.69) is 5.32 Å². The van der Waals surface area contributed by atoms with Gasteiger partial charge >= 0.3 is 0 Å². The first kappa shape index (κ1) is 12.6. The third-order valence-corrected chi connectivity index (χ3v) is 2.89. The highest BCUT2D eigenvalue weighted by atomic mass is 35.5. The van der Waals surface area contributed by atoms with E-state index in [1.54, 1.807) is 7.11 Å². The monoisotopic (exact) mass is 262 g/mol. The van der Waals surface area contributed by atoms with Crippen molar-refractivity contribution in [1.82, 2.24) is 0 Å². The predicted octanol–water partition coefficient (Wildman–Crippen LogP) is 3.98. The quantitative estimate of drug-likeness (QED) is 0.823. The summed E-state index contributed by atoms with van der Waals surface area (Å²) in [7, 11) is 1.63. The summed E-state index contributed by atoms with van der Waals surface area (Å²) in [5, 5.41) is 3.90. The Hall–Kier alpha value is -1.87. The van der Waals surface area contributed by atoms with Crippen LogP contribution in [0.25, 0.3) is 0 Å². The molecular formula is C14H15ClN2O. The van der Waals surface area contributed by atoms with E-state index in [-0.39, 0.29) is 0 Å². The van der Waals surface area contributed by atoms with Crippen LogP contribution in [0.5, 0.6) is 5.75 Å². The van der Waals surface area contributed by atoms with E-state index in [4.69, 9.17) is 22.1 Å². The molecule has 0 bridgehead atoms.